The molecule has 0 aliphatic carbocycles. The van der Waals surface area contributed by atoms with Crippen LogP contribution >= 0.6 is 11.8 Å². The molecule has 2 aromatic rings. The van der Waals surface area contributed by atoms with E-state index in [1.165, 1.54) is 0 Å². The number of likely N-dealkylation sites (N-methyl/N-ethyl adjacent to an activating group) is 2. The summed E-state index contributed by atoms with van der Waals surface area (Å²) in [6.07, 6.45) is 0.950. The molecule has 9 heteroatoms. The third-order valence-corrected chi connectivity index (χ3v) is 8.20. The van der Waals surface area contributed by atoms with Crippen LogP contribution in [0.3, 0.4) is 0 Å². The van der Waals surface area contributed by atoms with Crippen LogP contribution in [0.4, 0.5) is 11.4 Å². The molecule has 2 saturated heterocycles. The highest BCUT2D eigenvalue weighted by Crippen LogP contribution is 2.37. The lowest BCUT2D eigenvalue weighted by Crippen LogP contribution is -2.45. The minimum atomic E-state index is 0.0254. The van der Waals surface area contributed by atoms with Crippen molar-refractivity contribution in [2.45, 2.75) is 22.6 Å². The first kappa shape index (κ1) is 27.6. The molecule has 2 heterocycles. The van der Waals surface area contributed by atoms with Gasteiger partial charge in [0.15, 0.2) is 0 Å². The summed E-state index contributed by atoms with van der Waals surface area (Å²) < 4.78 is 0. The molecule has 37 heavy (non-hydrogen) atoms. The second-order valence-electron chi connectivity index (χ2n) is 9.98. The van der Waals surface area contributed by atoms with Gasteiger partial charge in [-0.2, -0.15) is 0 Å². The number of nitrogens with zero attached hydrogens (tertiary/aromatic N) is 4. The average molecular weight is 525 g/mol. The largest absolute Gasteiger partial charge is 0.325 e. The van der Waals surface area contributed by atoms with Gasteiger partial charge in [-0.3, -0.25) is 9.59 Å². The standard InChI is InChI=1S/C28H40N6O2S/c1-31-15-19-33(20-16-31)13-11-27(35)29-23-7-3-5-9-25(23)37-26-10-6-4-8-24(26)30-28(36)12-14-34-21-17-32(2)18-22-34/h3-10H,11-22H2,1-2H3,(H,29,35)(H,30,36). The van der Waals surface area contributed by atoms with Gasteiger partial charge in [0.1, 0.15) is 0 Å². The van der Waals surface area contributed by atoms with Gasteiger partial charge in [0, 0.05) is 88.1 Å². The molecule has 2 amide bonds. The SMILES string of the molecule is CN1CCN(CCC(=O)Nc2ccccc2Sc2ccccc2NC(=O)CCN2CCN(C)CC2)CC1. The molecule has 0 spiro atoms. The van der Waals surface area contributed by atoms with Crippen LogP contribution in [-0.4, -0.2) is 111 Å². The Hall–Kier alpha value is -2.43. The molecule has 4 rings (SSSR count). The highest BCUT2D eigenvalue weighted by Gasteiger charge is 2.17. The average Bonchev–Trinajstić information content (AvgIpc) is 2.90. The van der Waals surface area contributed by atoms with Gasteiger partial charge in [0.05, 0.1) is 11.4 Å². The van der Waals surface area contributed by atoms with Crippen molar-refractivity contribution in [1.82, 2.24) is 19.6 Å². The number of para-hydroxylation sites is 2. The molecule has 0 bridgehead atoms. The molecule has 2 aromatic carbocycles. The van der Waals surface area contributed by atoms with Gasteiger partial charge in [0.2, 0.25) is 11.8 Å². The number of hydrogen-bond donors (Lipinski definition) is 2. The normalized spacial score (nSPS) is 18.0. The number of carbonyl (C=O) groups is 2. The molecule has 2 aliphatic rings. The maximum absolute atomic E-state index is 12.7. The van der Waals surface area contributed by atoms with Gasteiger partial charge in [-0.15, -0.1) is 0 Å². The number of anilines is 2. The molecule has 0 aromatic heterocycles. The van der Waals surface area contributed by atoms with E-state index >= 15 is 0 Å². The highest BCUT2D eigenvalue weighted by molar-refractivity contribution is 7.99. The number of piperazine rings is 2. The fraction of sp³-hybridized carbons (Fsp3) is 0.500. The summed E-state index contributed by atoms with van der Waals surface area (Å²) in [6, 6.07) is 15.7. The monoisotopic (exact) mass is 524 g/mol. The molecule has 8 nitrogen and oxygen atoms in total. The summed E-state index contributed by atoms with van der Waals surface area (Å²) in [7, 11) is 4.27. The van der Waals surface area contributed by atoms with Crippen LogP contribution in [-0.2, 0) is 9.59 Å². The summed E-state index contributed by atoms with van der Waals surface area (Å²) in [5.74, 6) is 0.0509. The number of benzene rings is 2. The Labute approximate surface area is 225 Å². The smallest absolute Gasteiger partial charge is 0.225 e. The van der Waals surface area contributed by atoms with E-state index < -0.39 is 0 Å². The number of carbonyl (C=O) groups excluding carboxylic acids is 2. The minimum Gasteiger partial charge on any atom is -0.325 e. The molecule has 2 aliphatic heterocycles. The Morgan fingerprint density at radius 3 is 1.43 bits per heavy atom. The Morgan fingerprint density at radius 2 is 1.03 bits per heavy atom. The maximum atomic E-state index is 12.7. The third kappa shape index (κ3) is 8.83. The van der Waals surface area contributed by atoms with E-state index in [1.54, 1.807) is 11.8 Å². The van der Waals surface area contributed by atoms with Gasteiger partial charge >= 0.3 is 0 Å². The molecule has 0 radical (unpaired) electrons. The number of rotatable bonds is 10. The number of amides is 2. The van der Waals surface area contributed by atoms with E-state index in [4.69, 9.17) is 0 Å². The summed E-state index contributed by atoms with van der Waals surface area (Å²) in [4.78, 5) is 36.7. The second kappa shape index (κ2) is 13.9. The topological polar surface area (TPSA) is 71.2 Å². The van der Waals surface area contributed by atoms with E-state index in [1.807, 2.05) is 48.5 Å². The van der Waals surface area contributed by atoms with Gasteiger partial charge in [-0.05, 0) is 38.4 Å². The van der Waals surface area contributed by atoms with Crippen molar-refractivity contribution in [2.24, 2.45) is 0 Å². The first-order valence-electron chi connectivity index (χ1n) is 13.2. The first-order valence-corrected chi connectivity index (χ1v) is 14.1. The molecule has 200 valence electrons. The van der Waals surface area contributed by atoms with Crippen LogP contribution in [0.15, 0.2) is 58.3 Å². The molecular formula is C28H40N6O2S. The zero-order chi connectivity index (χ0) is 26.0. The molecule has 2 fully saturated rings. The van der Waals surface area contributed by atoms with E-state index in [0.717, 1.165) is 86.6 Å². The molecule has 2 N–H and O–H groups in total. The Bertz CT molecular complexity index is 953. The van der Waals surface area contributed by atoms with Crippen LogP contribution in [0.25, 0.3) is 0 Å². The van der Waals surface area contributed by atoms with E-state index in [-0.39, 0.29) is 11.8 Å². The molecule has 0 unspecified atom stereocenters. The lowest BCUT2D eigenvalue weighted by Gasteiger charge is -2.32. The predicted octanol–water partition coefficient (Wildman–Crippen LogP) is 2.99. The fourth-order valence-electron chi connectivity index (χ4n) is 4.52. The van der Waals surface area contributed by atoms with Crippen LogP contribution in [0.2, 0.25) is 0 Å². The van der Waals surface area contributed by atoms with Crippen molar-refractivity contribution < 1.29 is 9.59 Å². The van der Waals surface area contributed by atoms with E-state index in [2.05, 4.69) is 44.3 Å². The van der Waals surface area contributed by atoms with Crippen LogP contribution in [0.5, 0.6) is 0 Å². The number of nitrogens with one attached hydrogen (secondary N) is 2. The fourth-order valence-corrected chi connectivity index (χ4v) is 5.51. The molecule has 0 saturated carbocycles. The lowest BCUT2D eigenvalue weighted by molar-refractivity contribution is -0.117. The van der Waals surface area contributed by atoms with E-state index in [0.29, 0.717) is 12.8 Å². The zero-order valence-corrected chi connectivity index (χ0v) is 22.9. The lowest BCUT2D eigenvalue weighted by atomic mass is 10.2. The van der Waals surface area contributed by atoms with Crippen LogP contribution < -0.4 is 10.6 Å². The predicted molar refractivity (Wildman–Crippen MR) is 151 cm³/mol. The summed E-state index contributed by atoms with van der Waals surface area (Å²) in [6.45, 7) is 9.78. The highest BCUT2D eigenvalue weighted by atomic mass is 32.2. The maximum Gasteiger partial charge on any atom is 0.225 e. The summed E-state index contributed by atoms with van der Waals surface area (Å²) in [5.41, 5.74) is 1.60. The second-order valence-corrected chi connectivity index (χ2v) is 11.1. The summed E-state index contributed by atoms with van der Waals surface area (Å²) >= 11 is 1.56. The quantitative estimate of drug-likeness (QED) is 0.495. The van der Waals surface area contributed by atoms with Crippen LogP contribution in [0.1, 0.15) is 12.8 Å². The van der Waals surface area contributed by atoms with Crippen molar-refractivity contribution in [3.8, 4) is 0 Å². The van der Waals surface area contributed by atoms with Gasteiger partial charge in [-0.25, -0.2) is 0 Å². The number of hydrogen-bond acceptors (Lipinski definition) is 7. The van der Waals surface area contributed by atoms with Crippen LogP contribution in [0, 0.1) is 0 Å². The Balaban J connectivity index is 1.31. The van der Waals surface area contributed by atoms with Crippen molar-refractivity contribution in [2.75, 3.05) is 90.2 Å². The third-order valence-electron chi connectivity index (χ3n) is 7.04. The molecule has 0 atom stereocenters. The Kier molecular flexibility index (Phi) is 10.4. The van der Waals surface area contributed by atoms with Crippen molar-refractivity contribution in [3.63, 3.8) is 0 Å². The van der Waals surface area contributed by atoms with Gasteiger partial charge in [-0.1, -0.05) is 36.0 Å². The van der Waals surface area contributed by atoms with Gasteiger partial charge < -0.3 is 30.2 Å². The summed E-state index contributed by atoms with van der Waals surface area (Å²) in [5, 5.41) is 6.21. The first-order chi connectivity index (χ1) is 18.0. The Morgan fingerprint density at radius 1 is 0.649 bits per heavy atom. The van der Waals surface area contributed by atoms with E-state index in [9.17, 15) is 9.59 Å². The molecular weight excluding hydrogens is 484 g/mol. The minimum absolute atomic E-state index is 0.0254. The van der Waals surface area contributed by atoms with Gasteiger partial charge in [0.25, 0.3) is 0 Å². The van der Waals surface area contributed by atoms with Crippen molar-refractivity contribution in [1.29, 1.82) is 0 Å². The van der Waals surface area contributed by atoms with Crippen molar-refractivity contribution >= 4 is 35.0 Å². The zero-order valence-electron chi connectivity index (χ0n) is 22.1. The van der Waals surface area contributed by atoms with Crippen molar-refractivity contribution in [3.05, 3.63) is 48.5 Å².